The van der Waals surface area contributed by atoms with Crippen LogP contribution in [0.15, 0.2) is 30.3 Å². The van der Waals surface area contributed by atoms with Gasteiger partial charge in [-0.3, -0.25) is 4.79 Å². The minimum Gasteiger partial charge on any atom is -0.469 e. The molecule has 0 aromatic heterocycles. The summed E-state index contributed by atoms with van der Waals surface area (Å²) in [5.74, 6) is 0.301. The molecular weight excluding hydrogens is 188 g/mol. The Morgan fingerprint density at radius 3 is 2.67 bits per heavy atom. The maximum atomic E-state index is 11.7. The van der Waals surface area contributed by atoms with E-state index < -0.39 is 0 Å². The third-order valence-corrected chi connectivity index (χ3v) is 3.50. The van der Waals surface area contributed by atoms with Gasteiger partial charge in [-0.05, 0) is 18.4 Å². The number of rotatable bonds is 3. The number of esters is 1. The SMILES string of the molecule is CCC1(C(=O)OC)CC1c1ccccc1. The lowest BCUT2D eigenvalue weighted by atomic mass is 9.96. The first-order valence-corrected chi connectivity index (χ1v) is 5.38. The van der Waals surface area contributed by atoms with Crippen molar-refractivity contribution in [2.24, 2.45) is 5.41 Å². The van der Waals surface area contributed by atoms with Gasteiger partial charge in [0, 0.05) is 5.92 Å². The molecule has 15 heavy (non-hydrogen) atoms. The summed E-state index contributed by atoms with van der Waals surface area (Å²) in [5.41, 5.74) is 1.01. The van der Waals surface area contributed by atoms with Gasteiger partial charge in [-0.25, -0.2) is 0 Å². The van der Waals surface area contributed by atoms with Crippen molar-refractivity contribution in [3.05, 3.63) is 35.9 Å². The van der Waals surface area contributed by atoms with Crippen LogP contribution in [0.4, 0.5) is 0 Å². The Morgan fingerprint density at radius 1 is 1.47 bits per heavy atom. The van der Waals surface area contributed by atoms with Crippen LogP contribution in [0.1, 0.15) is 31.2 Å². The molecule has 1 aromatic carbocycles. The molecule has 0 aliphatic heterocycles. The topological polar surface area (TPSA) is 26.3 Å². The summed E-state index contributed by atoms with van der Waals surface area (Å²) in [6.45, 7) is 2.06. The molecule has 1 saturated carbocycles. The Bertz CT molecular complexity index is 358. The van der Waals surface area contributed by atoms with Gasteiger partial charge >= 0.3 is 5.97 Å². The second-order valence-corrected chi connectivity index (χ2v) is 4.17. The van der Waals surface area contributed by atoms with Crippen molar-refractivity contribution in [3.63, 3.8) is 0 Å². The van der Waals surface area contributed by atoms with E-state index in [0.29, 0.717) is 5.92 Å². The summed E-state index contributed by atoms with van der Waals surface area (Å²) in [6.07, 6.45) is 1.79. The Morgan fingerprint density at radius 2 is 2.13 bits per heavy atom. The Labute approximate surface area is 90.3 Å². The molecule has 0 bridgehead atoms. The fraction of sp³-hybridized carbons (Fsp3) is 0.462. The van der Waals surface area contributed by atoms with Gasteiger partial charge in [-0.1, -0.05) is 37.3 Å². The van der Waals surface area contributed by atoms with E-state index >= 15 is 0 Å². The van der Waals surface area contributed by atoms with E-state index in [-0.39, 0.29) is 11.4 Å². The highest BCUT2D eigenvalue weighted by atomic mass is 16.5. The van der Waals surface area contributed by atoms with Crippen molar-refractivity contribution >= 4 is 5.97 Å². The molecule has 0 heterocycles. The van der Waals surface area contributed by atoms with Crippen molar-refractivity contribution in [1.82, 2.24) is 0 Å². The van der Waals surface area contributed by atoms with Gasteiger partial charge in [0.1, 0.15) is 0 Å². The van der Waals surface area contributed by atoms with Crippen molar-refractivity contribution < 1.29 is 9.53 Å². The predicted octanol–water partition coefficient (Wildman–Crippen LogP) is 2.74. The first-order chi connectivity index (χ1) is 7.24. The van der Waals surface area contributed by atoms with Crippen molar-refractivity contribution in [3.8, 4) is 0 Å². The maximum Gasteiger partial charge on any atom is 0.312 e. The monoisotopic (exact) mass is 204 g/mol. The lowest BCUT2D eigenvalue weighted by molar-refractivity contribution is -0.147. The van der Waals surface area contributed by atoms with Crippen molar-refractivity contribution in [1.29, 1.82) is 0 Å². The van der Waals surface area contributed by atoms with Crippen LogP contribution in [-0.4, -0.2) is 13.1 Å². The summed E-state index contributed by atoms with van der Waals surface area (Å²) in [5, 5.41) is 0. The lowest BCUT2D eigenvalue weighted by Crippen LogP contribution is -2.18. The van der Waals surface area contributed by atoms with Crippen LogP contribution in [0, 0.1) is 5.41 Å². The van der Waals surface area contributed by atoms with Gasteiger partial charge in [0.25, 0.3) is 0 Å². The number of carbonyl (C=O) groups excluding carboxylic acids is 1. The average Bonchev–Trinajstić information content (AvgIpc) is 3.05. The summed E-state index contributed by atoms with van der Waals surface area (Å²) >= 11 is 0. The van der Waals surface area contributed by atoms with Crippen molar-refractivity contribution in [2.75, 3.05) is 7.11 Å². The molecule has 1 aliphatic rings. The smallest absolute Gasteiger partial charge is 0.312 e. The molecular formula is C13H16O2. The molecule has 1 aromatic rings. The molecule has 0 saturated heterocycles. The molecule has 0 amide bonds. The van der Waals surface area contributed by atoms with E-state index in [0.717, 1.165) is 12.8 Å². The van der Waals surface area contributed by atoms with Crippen molar-refractivity contribution in [2.45, 2.75) is 25.7 Å². The van der Waals surface area contributed by atoms with E-state index in [1.165, 1.54) is 12.7 Å². The minimum atomic E-state index is -0.240. The zero-order valence-corrected chi connectivity index (χ0v) is 9.19. The van der Waals surface area contributed by atoms with Gasteiger partial charge in [-0.15, -0.1) is 0 Å². The Balaban J connectivity index is 2.20. The third-order valence-electron chi connectivity index (χ3n) is 3.50. The number of ether oxygens (including phenoxy) is 1. The molecule has 1 aliphatic carbocycles. The second-order valence-electron chi connectivity index (χ2n) is 4.17. The van der Waals surface area contributed by atoms with Gasteiger partial charge in [0.15, 0.2) is 0 Å². The van der Waals surface area contributed by atoms with E-state index in [1.54, 1.807) is 0 Å². The Kier molecular flexibility index (Phi) is 2.51. The van der Waals surface area contributed by atoms with Crippen LogP contribution in [0.3, 0.4) is 0 Å². The molecule has 2 unspecified atom stereocenters. The van der Waals surface area contributed by atoms with Crippen LogP contribution in [0.25, 0.3) is 0 Å². The molecule has 0 N–H and O–H groups in total. The molecule has 2 heteroatoms. The summed E-state index contributed by atoms with van der Waals surface area (Å²) < 4.78 is 4.88. The van der Waals surface area contributed by atoms with Crippen LogP contribution in [0.5, 0.6) is 0 Å². The van der Waals surface area contributed by atoms with E-state index in [2.05, 4.69) is 19.1 Å². The standard InChI is InChI=1S/C13H16O2/c1-3-13(12(14)15-2)9-11(13)10-7-5-4-6-8-10/h4-8,11H,3,9H2,1-2H3. The lowest BCUT2D eigenvalue weighted by Gasteiger charge is -2.12. The zero-order valence-electron chi connectivity index (χ0n) is 9.19. The van der Waals surface area contributed by atoms with Gasteiger partial charge in [0.2, 0.25) is 0 Å². The van der Waals surface area contributed by atoms with Gasteiger partial charge < -0.3 is 4.74 Å². The summed E-state index contributed by atoms with van der Waals surface area (Å²) in [7, 11) is 1.47. The first kappa shape index (κ1) is 10.2. The highest BCUT2D eigenvalue weighted by molar-refractivity contribution is 5.82. The number of hydrogen-bond acceptors (Lipinski definition) is 2. The zero-order chi connectivity index (χ0) is 10.9. The molecule has 1 fully saturated rings. The second kappa shape index (κ2) is 3.69. The van der Waals surface area contributed by atoms with E-state index in [4.69, 9.17) is 4.74 Å². The quantitative estimate of drug-likeness (QED) is 0.708. The summed E-state index contributed by atoms with van der Waals surface area (Å²) in [6, 6.07) is 10.2. The molecule has 80 valence electrons. The first-order valence-electron chi connectivity index (χ1n) is 5.38. The minimum absolute atomic E-state index is 0.0566. The predicted molar refractivity (Wildman–Crippen MR) is 58.5 cm³/mol. The van der Waals surface area contributed by atoms with E-state index in [1.807, 2.05) is 18.2 Å². The highest BCUT2D eigenvalue weighted by Crippen LogP contribution is 2.62. The molecule has 0 radical (unpaired) electrons. The molecule has 2 nitrogen and oxygen atoms in total. The number of hydrogen-bond donors (Lipinski definition) is 0. The van der Waals surface area contributed by atoms with Gasteiger partial charge in [0.05, 0.1) is 12.5 Å². The van der Waals surface area contributed by atoms with Crippen LogP contribution in [-0.2, 0) is 9.53 Å². The molecule has 0 spiro atoms. The third kappa shape index (κ3) is 1.54. The summed E-state index contributed by atoms with van der Waals surface area (Å²) in [4.78, 5) is 11.7. The largest absolute Gasteiger partial charge is 0.469 e. The number of methoxy groups -OCH3 is 1. The van der Waals surface area contributed by atoms with E-state index in [9.17, 15) is 4.79 Å². The number of carbonyl (C=O) groups is 1. The van der Waals surface area contributed by atoms with Crippen LogP contribution < -0.4 is 0 Å². The number of benzene rings is 1. The Hall–Kier alpha value is -1.31. The van der Waals surface area contributed by atoms with Gasteiger partial charge in [-0.2, -0.15) is 0 Å². The fourth-order valence-corrected chi connectivity index (χ4v) is 2.39. The molecule has 2 rings (SSSR count). The maximum absolute atomic E-state index is 11.7. The van der Waals surface area contributed by atoms with Crippen LogP contribution >= 0.6 is 0 Å². The highest BCUT2D eigenvalue weighted by Gasteiger charge is 2.59. The average molecular weight is 204 g/mol. The molecule has 2 atom stereocenters. The normalized spacial score (nSPS) is 28.5. The fourth-order valence-electron chi connectivity index (χ4n) is 2.39. The van der Waals surface area contributed by atoms with Crippen LogP contribution in [0.2, 0.25) is 0 Å².